The van der Waals surface area contributed by atoms with Crippen LogP contribution in [0.3, 0.4) is 0 Å². The third-order valence-electron chi connectivity index (χ3n) is 4.13. The van der Waals surface area contributed by atoms with Gasteiger partial charge in [-0.25, -0.2) is 4.79 Å². The molecule has 8 nitrogen and oxygen atoms in total. The van der Waals surface area contributed by atoms with Crippen LogP contribution in [-0.4, -0.2) is 28.7 Å². The normalized spacial score (nSPS) is 19.9. The van der Waals surface area contributed by atoms with Gasteiger partial charge >= 0.3 is 6.09 Å². The monoisotopic (exact) mass is 360 g/mol. The fraction of sp³-hybridized carbons (Fsp3) is 0.556. The number of nitriles is 1. The first kappa shape index (κ1) is 19.5. The summed E-state index contributed by atoms with van der Waals surface area (Å²) in [7, 11) is 0. The molecule has 1 aliphatic carbocycles. The first-order valence-corrected chi connectivity index (χ1v) is 8.62. The van der Waals surface area contributed by atoms with Gasteiger partial charge in [0, 0.05) is 18.2 Å². The fourth-order valence-electron chi connectivity index (χ4n) is 2.95. The van der Waals surface area contributed by atoms with Gasteiger partial charge in [0.05, 0.1) is 16.6 Å². The average Bonchev–Trinajstić information content (AvgIpc) is 2.55. The lowest BCUT2D eigenvalue weighted by Crippen LogP contribution is -2.42. The number of rotatable bonds is 4. The molecule has 1 amide bonds. The molecule has 0 spiro atoms. The molecule has 0 unspecified atom stereocenters. The van der Waals surface area contributed by atoms with Crippen molar-refractivity contribution in [3.63, 3.8) is 0 Å². The van der Waals surface area contributed by atoms with Crippen molar-refractivity contribution in [2.45, 2.75) is 64.1 Å². The molecule has 0 atom stereocenters. The summed E-state index contributed by atoms with van der Waals surface area (Å²) in [6.45, 7) is 5.45. The lowest BCUT2D eigenvalue weighted by atomic mass is 9.91. The van der Waals surface area contributed by atoms with Crippen LogP contribution in [0.1, 0.15) is 52.0 Å². The number of nitro groups is 1. The van der Waals surface area contributed by atoms with Crippen LogP contribution >= 0.6 is 0 Å². The fourth-order valence-corrected chi connectivity index (χ4v) is 2.95. The van der Waals surface area contributed by atoms with Gasteiger partial charge in [-0.1, -0.05) is 0 Å². The molecule has 0 aliphatic heterocycles. The molecule has 8 heteroatoms. The predicted octanol–water partition coefficient (Wildman–Crippen LogP) is 3.71. The molecule has 0 radical (unpaired) electrons. The van der Waals surface area contributed by atoms with Crippen molar-refractivity contribution < 1.29 is 14.5 Å². The summed E-state index contributed by atoms with van der Waals surface area (Å²) in [6.07, 6.45) is 2.66. The SMILES string of the molecule is CC(C)(C)OC(=O)NC1CCC(Nc2ccc(C#N)cc2[N+](=O)[O-])CC1. The van der Waals surface area contributed by atoms with Crippen molar-refractivity contribution in [1.29, 1.82) is 5.26 Å². The molecule has 0 heterocycles. The second-order valence-electron chi connectivity index (χ2n) is 7.44. The van der Waals surface area contributed by atoms with Crippen LogP contribution < -0.4 is 10.6 Å². The summed E-state index contributed by atoms with van der Waals surface area (Å²) in [5.74, 6) is 0. The van der Waals surface area contributed by atoms with Crippen LogP contribution in [0.15, 0.2) is 18.2 Å². The highest BCUT2D eigenvalue weighted by Gasteiger charge is 2.26. The molecular formula is C18H24N4O4. The minimum atomic E-state index is -0.530. The minimum absolute atomic E-state index is 0.0406. The Morgan fingerprint density at radius 1 is 1.27 bits per heavy atom. The summed E-state index contributed by atoms with van der Waals surface area (Å²) < 4.78 is 5.26. The van der Waals surface area contributed by atoms with Crippen LogP contribution in [0.2, 0.25) is 0 Å². The van der Waals surface area contributed by atoms with Gasteiger partial charge in [-0.05, 0) is 58.6 Å². The number of nitro benzene ring substituents is 1. The maximum Gasteiger partial charge on any atom is 0.407 e. The number of nitrogens with zero attached hydrogens (tertiary/aromatic N) is 2. The molecule has 140 valence electrons. The molecule has 1 aromatic carbocycles. The van der Waals surface area contributed by atoms with E-state index in [4.69, 9.17) is 10.00 Å². The zero-order valence-electron chi connectivity index (χ0n) is 15.2. The minimum Gasteiger partial charge on any atom is -0.444 e. The van der Waals surface area contributed by atoms with Gasteiger partial charge in [-0.2, -0.15) is 5.26 Å². The molecule has 26 heavy (non-hydrogen) atoms. The van der Waals surface area contributed by atoms with E-state index in [-0.39, 0.29) is 23.3 Å². The number of anilines is 1. The standard InChI is InChI=1S/C18H24N4O4/c1-18(2,3)26-17(23)21-14-7-5-13(6-8-14)20-15-9-4-12(11-19)10-16(15)22(24)25/h4,9-10,13-14,20H,5-8H2,1-3H3,(H,21,23). The highest BCUT2D eigenvalue weighted by molar-refractivity contribution is 5.68. The molecule has 0 bridgehead atoms. The Morgan fingerprint density at radius 2 is 1.88 bits per heavy atom. The summed E-state index contributed by atoms with van der Waals surface area (Å²) in [4.78, 5) is 22.6. The van der Waals surface area contributed by atoms with E-state index < -0.39 is 16.6 Å². The number of benzene rings is 1. The first-order valence-electron chi connectivity index (χ1n) is 8.62. The van der Waals surface area contributed by atoms with Gasteiger partial charge in [-0.3, -0.25) is 10.1 Å². The van der Waals surface area contributed by atoms with Crippen molar-refractivity contribution in [2.24, 2.45) is 0 Å². The van der Waals surface area contributed by atoms with E-state index >= 15 is 0 Å². The third-order valence-corrected chi connectivity index (χ3v) is 4.13. The number of carbonyl (C=O) groups excluding carboxylic acids is 1. The van der Waals surface area contributed by atoms with E-state index in [1.54, 1.807) is 12.1 Å². The molecule has 0 aromatic heterocycles. The van der Waals surface area contributed by atoms with Crippen molar-refractivity contribution in [2.75, 3.05) is 5.32 Å². The average molecular weight is 360 g/mol. The van der Waals surface area contributed by atoms with E-state index in [1.165, 1.54) is 6.07 Å². The van der Waals surface area contributed by atoms with Crippen molar-refractivity contribution in [3.05, 3.63) is 33.9 Å². The largest absolute Gasteiger partial charge is 0.444 e. The lowest BCUT2D eigenvalue weighted by molar-refractivity contribution is -0.384. The Balaban J connectivity index is 1.90. The Morgan fingerprint density at radius 3 is 2.42 bits per heavy atom. The predicted molar refractivity (Wildman–Crippen MR) is 96.8 cm³/mol. The number of hydrogen-bond acceptors (Lipinski definition) is 6. The molecular weight excluding hydrogens is 336 g/mol. The first-order chi connectivity index (χ1) is 12.2. The number of ether oxygens (including phenoxy) is 1. The van der Waals surface area contributed by atoms with Crippen molar-refractivity contribution in [3.8, 4) is 6.07 Å². The van der Waals surface area contributed by atoms with Crippen LogP contribution in [-0.2, 0) is 4.74 Å². The summed E-state index contributed by atoms with van der Waals surface area (Å²) >= 11 is 0. The molecule has 1 aromatic rings. The van der Waals surface area contributed by atoms with Gasteiger partial charge in [-0.15, -0.1) is 0 Å². The summed E-state index contributed by atoms with van der Waals surface area (Å²) in [5.41, 5.74) is 0.0419. The maximum absolute atomic E-state index is 11.8. The second-order valence-corrected chi connectivity index (χ2v) is 7.44. The number of carbonyl (C=O) groups is 1. The van der Waals surface area contributed by atoms with Gasteiger partial charge in [0.2, 0.25) is 0 Å². The molecule has 1 fully saturated rings. The topological polar surface area (TPSA) is 117 Å². The Bertz CT molecular complexity index is 713. The van der Waals surface area contributed by atoms with Gasteiger partial charge in [0.1, 0.15) is 11.3 Å². The van der Waals surface area contributed by atoms with E-state index in [1.807, 2.05) is 26.8 Å². The zero-order valence-corrected chi connectivity index (χ0v) is 15.2. The van der Waals surface area contributed by atoms with E-state index in [9.17, 15) is 14.9 Å². The molecule has 1 aliphatic rings. The van der Waals surface area contributed by atoms with E-state index in [0.717, 1.165) is 25.7 Å². The summed E-state index contributed by atoms with van der Waals surface area (Å²) in [6, 6.07) is 6.44. The van der Waals surface area contributed by atoms with Crippen LogP contribution in [0.25, 0.3) is 0 Å². The van der Waals surface area contributed by atoms with Crippen LogP contribution in [0.5, 0.6) is 0 Å². The highest BCUT2D eigenvalue weighted by Crippen LogP contribution is 2.29. The molecule has 1 saturated carbocycles. The van der Waals surface area contributed by atoms with E-state index in [0.29, 0.717) is 5.69 Å². The maximum atomic E-state index is 11.8. The number of alkyl carbamates (subject to hydrolysis) is 1. The smallest absolute Gasteiger partial charge is 0.407 e. The molecule has 0 saturated heterocycles. The zero-order chi connectivity index (χ0) is 19.3. The van der Waals surface area contributed by atoms with Gasteiger partial charge < -0.3 is 15.4 Å². The Labute approximate surface area is 152 Å². The molecule has 2 N–H and O–H groups in total. The van der Waals surface area contributed by atoms with E-state index in [2.05, 4.69) is 10.6 Å². The highest BCUT2D eigenvalue weighted by atomic mass is 16.6. The van der Waals surface area contributed by atoms with Gasteiger partial charge in [0.15, 0.2) is 0 Å². The van der Waals surface area contributed by atoms with Crippen LogP contribution in [0, 0.1) is 21.4 Å². The lowest BCUT2D eigenvalue weighted by Gasteiger charge is -2.31. The summed E-state index contributed by atoms with van der Waals surface area (Å²) in [5, 5.41) is 26.2. The Hall–Kier alpha value is -2.82. The third kappa shape index (κ3) is 5.62. The second kappa shape index (κ2) is 8.04. The Kier molecular flexibility index (Phi) is 6.03. The number of nitrogens with one attached hydrogen (secondary N) is 2. The number of hydrogen-bond donors (Lipinski definition) is 2. The quantitative estimate of drug-likeness (QED) is 0.624. The number of amides is 1. The molecule has 2 rings (SSSR count). The van der Waals surface area contributed by atoms with Crippen LogP contribution in [0.4, 0.5) is 16.2 Å². The van der Waals surface area contributed by atoms with Crippen molar-refractivity contribution >= 4 is 17.5 Å². The van der Waals surface area contributed by atoms with Gasteiger partial charge in [0.25, 0.3) is 5.69 Å². The van der Waals surface area contributed by atoms with Crippen molar-refractivity contribution in [1.82, 2.24) is 5.32 Å².